The molecule has 10 heteroatoms. The average molecular weight is 492 g/mol. The molecule has 0 fully saturated rings. The van der Waals surface area contributed by atoms with E-state index in [4.69, 9.17) is 27.9 Å². The van der Waals surface area contributed by atoms with E-state index in [1.165, 1.54) is 36.5 Å². The van der Waals surface area contributed by atoms with Crippen LogP contribution in [0.3, 0.4) is 0 Å². The van der Waals surface area contributed by atoms with Crippen LogP contribution in [0.4, 0.5) is 5.69 Å². The Morgan fingerprint density at radius 2 is 1.66 bits per heavy atom. The van der Waals surface area contributed by atoms with Crippen LogP contribution >= 0.6 is 23.2 Å². The van der Waals surface area contributed by atoms with Gasteiger partial charge in [-0.3, -0.25) is 9.10 Å². The molecule has 1 amide bonds. The van der Waals surface area contributed by atoms with Gasteiger partial charge in [0.05, 0.1) is 23.9 Å². The van der Waals surface area contributed by atoms with Crippen molar-refractivity contribution in [3.05, 3.63) is 88.4 Å². The maximum Gasteiger partial charge on any atom is 0.264 e. The highest BCUT2D eigenvalue weighted by molar-refractivity contribution is 7.92. The number of rotatable bonds is 8. The Balaban J connectivity index is 1.83. The second kappa shape index (κ2) is 10.5. The van der Waals surface area contributed by atoms with E-state index in [1.54, 1.807) is 49.6 Å². The highest BCUT2D eigenvalue weighted by atomic mass is 35.5. The Hall–Kier alpha value is -3.07. The van der Waals surface area contributed by atoms with Crippen molar-refractivity contribution in [1.29, 1.82) is 0 Å². The highest BCUT2D eigenvalue weighted by Gasteiger charge is 2.27. The second-order valence-electron chi connectivity index (χ2n) is 6.52. The summed E-state index contributed by atoms with van der Waals surface area (Å²) in [6.07, 6.45) is 1.43. The topological polar surface area (TPSA) is 88.1 Å². The fraction of sp³-hybridized carbons (Fsp3) is 0.0909. The smallest absolute Gasteiger partial charge is 0.264 e. The second-order valence-corrected chi connectivity index (χ2v) is 9.25. The Labute approximate surface area is 196 Å². The summed E-state index contributed by atoms with van der Waals surface area (Å²) in [7, 11) is -2.52. The zero-order valence-electron chi connectivity index (χ0n) is 16.9. The molecular formula is C22H19Cl2N3O4S. The first-order valence-electron chi connectivity index (χ1n) is 9.29. The van der Waals surface area contributed by atoms with E-state index >= 15 is 0 Å². The van der Waals surface area contributed by atoms with Crippen molar-refractivity contribution < 1.29 is 17.9 Å². The fourth-order valence-electron chi connectivity index (χ4n) is 2.75. The standard InChI is InChI=1S/C22H19Cl2N3O4S/c1-31-20-9-7-16(8-10-20)14-25-26-22(28)15-27(19-12-17(23)11-18(24)13-19)32(29,30)21-5-3-2-4-6-21/h2-14H,15H2,1H3,(H,26,28)/b25-14-. The van der Waals surface area contributed by atoms with Crippen LogP contribution in [0, 0.1) is 0 Å². The number of halogens is 2. The minimum Gasteiger partial charge on any atom is -0.497 e. The Morgan fingerprint density at radius 1 is 1.03 bits per heavy atom. The molecule has 0 saturated carbocycles. The predicted molar refractivity (Wildman–Crippen MR) is 126 cm³/mol. The zero-order valence-corrected chi connectivity index (χ0v) is 19.2. The van der Waals surface area contributed by atoms with Crippen LogP contribution in [0.2, 0.25) is 10.0 Å². The molecule has 0 unspecified atom stereocenters. The summed E-state index contributed by atoms with van der Waals surface area (Å²) in [5.41, 5.74) is 3.22. The molecule has 7 nitrogen and oxygen atoms in total. The van der Waals surface area contributed by atoms with Crippen LogP contribution < -0.4 is 14.5 Å². The molecule has 0 bridgehead atoms. The Bertz CT molecular complexity index is 1200. The Morgan fingerprint density at radius 3 is 2.25 bits per heavy atom. The van der Waals surface area contributed by atoms with Gasteiger partial charge in [-0.1, -0.05) is 41.4 Å². The van der Waals surface area contributed by atoms with Gasteiger partial charge in [-0.05, 0) is 60.2 Å². The van der Waals surface area contributed by atoms with E-state index in [0.29, 0.717) is 5.75 Å². The maximum atomic E-state index is 13.3. The van der Waals surface area contributed by atoms with Crippen molar-refractivity contribution in [1.82, 2.24) is 5.43 Å². The van der Waals surface area contributed by atoms with Crippen LogP contribution in [-0.4, -0.2) is 34.2 Å². The summed E-state index contributed by atoms with van der Waals surface area (Å²) in [5.74, 6) is 0.0403. The number of anilines is 1. The molecular weight excluding hydrogens is 473 g/mol. The molecule has 0 radical (unpaired) electrons. The first-order valence-corrected chi connectivity index (χ1v) is 11.5. The van der Waals surface area contributed by atoms with Crippen LogP contribution in [0.25, 0.3) is 0 Å². The van der Waals surface area contributed by atoms with E-state index in [9.17, 15) is 13.2 Å². The van der Waals surface area contributed by atoms with Crippen LogP contribution in [0.5, 0.6) is 5.75 Å². The lowest BCUT2D eigenvalue weighted by Gasteiger charge is -2.24. The molecule has 0 saturated heterocycles. The molecule has 0 spiro atoms. The van der Waals surface area contributed by atoms with Gasteiger partial charge in [0.2, 0.25) is 0 Å². The first-order chi connectivity index (χ1) is 15.3. The molecule has 32 heavy (non-hydrogen) atoms. The van der Waals surface area contributed by atoms with Gasteiger partial charge >= 0.3 is 0 Å². The normalized spacial score (nSPS) is 11.3. The van der Waals surface area contributed by atoms with Crippen LogP contribution in [0.1, 0.15) is 5.56 Å². The van der Waals surface area contributed by atoms with Gasteiger partial charge in [0.1, 0.15) is 12.3 Å². The van der Waals surface area contributed by atoms with Gasteiger partial charge in [0.15, 0.2) is 0 Å². The molecule has 3 rings (SSSR count). The molecule has 0 aliphatic rings. The van der Waals surface area contributed by atoms with Crippen molar-refractivity contribution in [2.24, 2.45) is 5.10 Å². The molecule has 0 aliphatic heterocycles. The third-order valence-corrected chi connectivity index (χ3v) is 6.50. The van der Waals surface area contributed by atoms with E-state index in [-0.39, 0.29) is 20.6 Å². The lowest BCUT2D eigenvalue weighted by atomic mass is 10.2. The van der Waals surface area contributed by atoms with Gasteiger partial charge in [-0.15, -0.1) is 0 Å². The van der Waals surface area contributed by atoms with Gasteiger partial charge in [-0.25, -0.2) is 13.8 Å². The maximum absolute atomic E-state index is 13.3. The number of hydrazone groups is 1. The fourth-order valence-corrected chi connectivity index (χ4v) is 4.69. The molecule has 3 aromatic carbocycles. The summed E-state index contributed by atoms with van der Waals surface area (Å²) in [6.45, 7) is -0.534. The van der Waals surface area contributed by atoms with Crippen LogP contribution in [0.15, 0.2) is 82.8 Å². The van der Waals surface area contributed by atoms with Crippen molar-refractivity contribution in [2.45, 2.75) is 4.90 Å². The lowest BCUT2D eigenvalue weighted by molar-refractivity contribution is -0.119. The third kappa shape index (κ3) is 6.00. The van der Waals surface area contributed by atoms with Gasteiger partial charge in [-0.2, -0.15) is 5.10 Å². The lowest BCUT2D eigenvalue weighted by Crippen LogP contribution is -2.39. The molecule has 166 valence electrons. The SMILES string of the molecule is COc1ccc(/C=N\NC(=O)CN(c2cc(Cl)cc(Cl)c2)S(=O)(=O)c2ccccc2)cc1. The van der Waals surface area contributed by atoms with E-state index in [1.807, 2.05) is 0 Å². The van der Waals surface area contributed by atoms with Crippen molar-refractivity contribution in [3.63, 3.8) is 0 Å². The molecule has 1 N–H and O–H groups in total. The number of methoxy groups -OCH3 is 1. The molecule has 0 aromatic heterocycles. The van der Waals surface area contributed by atoms with E-state index in [2.05, 4.69) is 10.5 Å². The number of carbonyl (C=O) groups is 1. The molecule has 0 atom stereocenters. The Kier molecular flexibility index (Phi) is 7.74. The summed E-state index contributed by atoms with van der Waals surface area (Å²) < 4.78 is 32.5. The van der Waals surface area contributed by atoms with Crippen LogP contribution in [-0.2, 0) is 14.8 Å². The number of amides is 1. The number of carbonyl (C=O) groups excluding carboxylic acids is 1. The highest BCUT2D eigenvalue weighted by Crippen LogP contribution is 2.29. The number of nitrogens with one attached hydrogen (secondary N) is 1. The summed E-state index contributed by atoms with van der Waals surface area (Å²) in [4.78, 5) is 12.6. The largest absolute Gasteiger partial charge is 0.497 e. The number of sulfonamides is 1. The monoisotopic (exact) mass is 491 g/mol. The number of hydrogen-bond acceptors (Lipinski definition) is 5. The molecule has 3 aromatic rings. The first kappa shape index (κ1) is 23.6. The summed E-state index contributed by atoms with van der Waals surface area (Å²) in [5, 5.41) is 4.36. The number of ether oxygens (including phenoxy) is 1. The zero-order chi connectivity index (χ0) is 23.1. The molecule has 0 aliphatic carbocycles. The number of nitrogens with zero attached hydrogens (tertiary/aromatic N) is 2. The van der Waals surface area contributed by atoms with Gasteiger partial charge in [0, 0.05) is 10.0 Å². The summed E-state index contributed by atoms with van der Waals surface area (Å²) in [6, 6.07) is 19.1. The number of hydrogen-bond donors (Lipinski definition) is 1. The van der Waals surface area contributed by atoms with Crippen molar-refractivity contribution >= 4 is 51.0 Å². The van der Waals surface area contributed by atoms with E-state index in [0.717, 1.165) is 9.87 Å². The summed E-state index contributed by atoms with van der Waals surface area (Å²) >= 11 is 12.1. The third-order valence-electron chi connectivity index (χ3n) is 4.27. The van der Waals surface area contributed by atoms with Crippen molar-refractivity contribution in [3.8, 4) is 5.75 Å². The number of benzene rings is 3. The van der Waals surface area contributed by atoms with E-state index < -0.39 is 22.5 Å². The average Bonchev–Trinajstić information content (AvgIpc) is 2.77. The quantitative estimate of drug-likeness (QED) is 0.374. The molecule has 0 heterocycles. The van der Waals surface area contributed by atoms with Gasteiger partial charge in [0.25, 0.3) is 15.9 Å². The van der Waals surface area contributed by atoms with Crippen molar-refractivity contribution in [2.75, 3.05) is 18.0 Å². The predicted octanol–water partition coefficient (Wildman–Crippen LogP) is 4.35. The minimum atomic E-state index is -4.08. The minimum absolute atomic E-state index is 0.0191. The van der Waals surface area contributed by atoms with Gasteiger partial charge < -0.3 is 4.74 Å².